The highest BCUT2D eigenvalue weighted by molar-refractivity contribution is 6.32. The van der Waals surface area contributed by atoms with Crippen molar-refractivity contribution >= 4 is 11.6 Å². The Hall–Kier alpha value is -1.75. The van der Waals surface area contributed by atoms with Crippen molar-refractivity contribution in [3.8, 4) is 11.5 Å². The second-order valence-corrected chi connectivity index (χ2v) is 7.31. The minimum absolute atomic E-state index is 0.110. The number of benzene rings is 2. The molecule has 3 rings (SSSR count). The van der Waals surface area contributed by atoms with Crippen molar-refractivity contribution in [2.75, 3.05) is 33.5 Å². The fourth-order valence-corrected chi connectivity index (χ4v) is 4.02. The van der Waals surface area contributed by atoms with Gasteiger partial charge in [0.25, 0.3) is 0 Å². The zero-order valence-electron chi connectivity index (χ0n) is 16.1. The summed E-state index contributed by atoms with van der Waals surface area (Å²) in [5.41, 5.74) is 2.57. The molecule has 146 valence electrons. The second-order valence-electron chi connectivity index (χ2n) is 6.90. The van der Waals surface area contributed by atoms with Gasteiger partial charge in [-0.15, -0.1) is 0 Å². The van der Waals surface area contributed by atoms with Crippen LogP contribution in [-0.4, -0.2) is 33.5 Å². The Morgan fingerprint density at radius 1 is 1.15 bits per heavy atom. The number of ether oxygens (including phenoxy) is 3. The molecule has 27 heavy (non-hydrogen) atoms. The van der Waals surface area contributed by atoms with E-state index in [1.54, 1.807) is 7.11 Å². The Kier molecular flexibility index (Phi) is 7.00. The van der Waals surface area contributed by atoms with Gasteiger partial charge in [0.15, 0.2) is 11.5 Å². The molecular weight excluding hydrogens is 362 g/mol. The van der Waals surface area contributed by atoms with Crippen LogP contribution in [0.3, 0.4) is 0 Å². The van der Waals surface area contributed by atoms with Crippen molar-refractivity contribution in [1.29, 1.82) is 0 Å². The van der Waals surface area contributed by atoms with Gasteiger partial charge < -0.3 is 19.5 Å². The summed E-state index contributed by atoms with van der Waals surface area (Å²) in [6.07, 6.45) is 2.05. The molecule has 0 saturated carbocycles. The molecule has 1 saturated heterocycles. The van der Waals surface area contributed by atoms with Gasteiger partial charge in [0.05, 0.1) is 18.7 Å². The van der Waals surface area contributed by atoms with E-state index < -0.39 is 0 Å². The van der Waals surface area contributed by atoms with Gasteiger partial charge in [0.1, 0.15) is 0 Å². The summed E-state index contributed by atoms with van der Waals surface area (Å²) in [4.78, 5) is 0. The highest BCUT2D eigenvalue weighted by atomic mass is 35.5. The first-order valence-electron chi connectivity index (χ1n) is 9.52. The minimum atomic E-state index is 0.110. The molecule has 2 aromatic carbocycles. The maximum Gasteiger partial charge on any atom is 0.179 e. The molecule has 0 spiro atoms. The Balaban J connectivity index is 1.71. The van der Waals surface area contributed by atoms with Crippen LogP contribution in [0.1, 0.15) is 30.9 Å². The molecule has 0 unspecified atom stereocenters. The van der Waals surface area contributed by atoms with Crippen molar-refractivity contribution in [1.82, 2.24) is 5.32 Å². The number of halogens is 1. The van der Waals surface area contributed by atoms with Gasteiger partial charge in [-0.25, -0.2) is 0 Å². The van der Waals surface area contributed by atoms with E-state index >= 15 is 0 Å². The summed E-state index contributed by atoms with van der Waals surface area (Å²) in [5.74, 6) is 1.28. The second kappa shape index (κ2) is 9.45. The molecule has 2 aromatic rings. The van der Waals surface area contributed by atoms with Crippen LogP contribution in [0.5, 0.6) is 11.5 Å². The van der Waals surface area contributed by atoms with Crippen LogP contribution in [0.15, 0.2) is 42.5 Å². The number of hydrogen-bond donors (Lipinski definition) is 1. The molecule has 1 N–H and O–H groups in total. The molecule has 4 nitrogen and oxygen atoms in total. The third-order valence-electron chi connectivity index (χ3n) is 5.21. The predicted octanol–water partition coefficient (Wildman–Crippen LogP) is 4.59. The number of hydrogen-bond acceptors (Lipinski definition) is 4. The van der Waals surface area contributed by atoms with Crippen LogP contribution in [0.2, 0.25) is 5.02 Å². The molecule has 0 aliphatic carbocycles. The molecule has 1 heterocycles. The molecule has 1 fully saturated rings. The summed E-state index contributed by atoms with van der Waals surface area (Å²) in [7, 11) is 1.64. The number of rotatable bonds is 8. The van der Waals surface area contributed by atoms with Gasteiger partial charge >= 0.3 is 0 Å². The van der Waals surface area contributed by atoms with E-state index in [1.165, 1.54) is 5.56 Å². The highest BCUT2D eigenvalue weighted by Crippen LogP contribution is 2.37. The molecule has 1 aliphatic heterocycles. The maximum atomic E-state index is 6.39. The quantitative estimate of drug-likeness (QED) is 0.717. The first-order chi connectivity index (χ1) is 13.2. The van der Waals surface area contributed by atoms with Gasteiger partial charge in [-0.1, -0.05) is 41.9 Å². The van der Waals surface area contributed by atoms with Crippen molar-refractivity contribution in [2.45, 2.75) is 31.7 Å². The van der Waals surface area contributed by atoms with Gasteiger partial charge in [-0.05, 0) is 43.0 Å². The van der Waals surface area contributed by atoms with E-state index in [1.807, 2.05) is 19.1 Å². The van der Waals surface area contributed by atoms with E-state index in [4.69, 9.17) is 25.8 Å². The molecular formula is C22H28ClNO3. The number of methoxy groups -OCH3 is 1. The predicted molar refractivity (Wildman–Crippen MR) is 109 cm³/mol. The molecule has 5 heteroatoms. The van der Waals surface area contributed by atoms with Crippen molar-refractivity contribution in [3.63, 3.8) is 0 Å². The Morgan fingerprint density at radius 2 is 1.89 bits per heavy atom. The van der Waals surface area contributed by atoms with Crippen LogP contribution in [0.25, 0.3) is 0 Å². The Morgan fingerprint density at radius 3 is 2.56 bits per heavy atom. The van der Waals surface area contributed by atoms with Gasteiger partial charge in [-0.3, -0.25) is 0 Å². The monoisotopic (exact) mass is 389 g/mol. The SMILES string of the molecule is CCOc1c(Cl)cc(CNCC2(c3ccccc3)CCOCC2)cc1OC. The molecule has 1 aliphatic rings. The normalized spacial score (nSPS) is 16.1. The molecule has 0 amide bonds. The standard InChI is InChI=1S/C22H28ClNO3/c1-3-27-21-19(23)13-17(14-20(21)25-2)15-24-16-22(9-11-26-12-10-22)18-7-5-4-6-8-18/h4-8,13-14,24H,3,9-12,15-16H2,1-2H3. The van der Waals surface area contributed by atoms with Gasteiger partial charge in [-0.2, -0.15) is 0 Å². The average molecular weight is 390 g/mol. The molecule has 0 atom stereocenters. The molecule has 0 radical (unpaired) electrons. The van der Waals surface area contributed by atoms with Crippen molar-refractivity contribution in [2.24, 2.45) is 0 Å². The van der Waals surface area contributed by atoms with Crippen LogP contribution >= 0.6 is 11.6 Å². The minimum Gasteiger partial charge on any atom is -0.493 e. The summed E-state index contributed by atoms with van der Waals surface area (Å²) >= 11 is 6.39. The molecule has 0 aromatic heterocycles. The average Bonchev–Trinajstić information content (AvgIpc) is 2.71. The van der Waals surface area contributed by atoms with Crippen LogP contribution < -0.4 is 14.8 Å². The lowest BCUT2D eigenvalue weighted by atomic mass is 9.74. The largest absolute Gasteiger partial charge is 0.493 e. The van der Waals surface area contributed by atoms with E-state index in [0.717, 1.165) is 44.7 Å². The van der Waals surface area contributed by atoms with Crippen molar-refractivity contribution in [3.05, 3.63) is 58.6 Å². The third kappa shape index (κ3) is 4.75. The van der Waals surface area contributed by atoms with Crippen LogP contribution in [0, 0.1) is 0 Å². The van der Waals surface area contributed by atoms with Crippen molar-refractivity contribution < 1.29 is 14.2 Å². The first-order valence-corrected chi connectivity index (χ1v) is 9.89. The van der Waals surface area contributed by atoms with Gasteiger partial charge in [0, 0.05) is 31.7 Å². The Labute approximate surface area is 166 Å². The third-order valence-corrected chi connectivity index (χ3v) is 5.49. The summed E-state index contributed by atoms with van der Waals surface area (Å²) in [6.45, 7) is 5.71. The fourth-order valence-electron chi connectivity index (χ4n) is 3.73. The van der Waals surface area contributed by atoms with E-state index in [9.17, 15) is 0 Å². The summed E-state index contributed by atoms with van der Waals surface area (Å²) < 4.78 is 16.7. The van der Waals surface area contributed by atoms with Crippen LogP contribution in [0.4, 0.5) is 0 Å². The summed E-state index contributed by atoms with van der Waals surface area (Å²) in [6, 6.07) is 14.7. The zero-order valence-corrected chi connectivity index (χ0v) is 16.8. The number of nitrogens with one attached hydrogen (secondary N) is 1. The molecule has 0 bridgehead atoms. The topological polar surface area (TPSA) is 39.7 Å². The van der Waals surface area contributed by atoms with E-state index in [0.29, 0.717) is 23.1 Å². The van der Waals surface area contributed by atoms with E-state index in [-0.39, 0.29) is 5.41 Å². The lowest BCUT2D eigenvalue weighted by Crippen LogP contribution is -2.42. The smallest absolute Gasteiger partial charge is 0.179 e. The lowest BCUT2D eigenvalue weighted by Gasteiger charge is -2.38. The van der Waals surface area contributed by atoms with E-state index in [2.05, 4.69) is 35.6 Å². The Bertz CT molecular complexity index is 730. The van der Waals surface area contributed by atoms with Crippen LogP contribution in [-0.2, 0) is 16.7 Å². The van der Waals surface area contributed by atoms with Gasteiger partial charge in [0.2, 0.25) is 0 Å². The highest BCUT2D eigenvalue weighted by Gasteiger charge is 2.33. The summed E-state index contributed by atoms with van der Waals surface area (Å²) in [5, 5.41) is 4.21. The fraction of sp³-hybridized carbons (Fsp3) is 0.455. The lowest BCUT2D eigenvalue weighted by molar-refractivity contribution is 0.0498. The first kappa shape index (κ1) is 20.0. The zero-order chi connectivity index (χ0) is 19.1. The maximum absolute atomic E-state index is 6.39.